The van der Waals surface area contributed by atoms with Crippen molar-refractivity contribution in [3.63, 3.8) is 0 Å². The predicted octanol–water partition coefficient (Wildman–Crippen LogP) is 2.20. The third-order valence-electron chi connectivity index (χ3n) is 4.40. The number of amides is 1. The summed E-state index contributed by atoms with van der Waals surface area (Å²) in [5.41, 5.74) is 1.18. The molecule has 1 amide bonds. The summed E-state index contributed by atoms with van der Waals surface area (Å²) >= 11 is 6.21. The first kappa shape index (κ1) is 15.1. The minimum absolute atomic E-state index is 0.0647. The number of piperidine rings is 1. The maximum absolute atomic E-state index is 12.6. The summed E-state index contributed by atoms with van der Waals surface area (Å²) in [6.07, 6.45) is 6.53. The summed E-state index contributed by atoms with van der Waals surface area (Å²) in [6, 6.07) is 0. The van der Waals surface area contributed by atoms with E-state index in [1.165, 1.54) is 0 Å². The van der Waals surface area contributed by atoms with E-state index in [4.69, 9.17) is 11.6 Å². The number of likely N-dealkylation sites (tertiary alicyclic amines) is 1. The molecule has 6 nitrogen and oxygen atoms in total. The van der Waals surface area contributed by atoms with Crippen molar-refractivity contribution in [2.45, 2.75) is 26.2 Å². The van der Waals surface area contributed by atoms with Crippen molar-refractivity contribution in [3.8, 4) is 0 Å². The molecule has 7 heteroatoms. The molecule has 2 aromatic heterocycles. The summed E-state index contributed by atoms with van der Waals surface area (Å²) in [7, 11) is 1.80. The fourth-order valence-electron chi connectivity index (χ4n) is 2.89. The lowest BCUT2D eigenvalue weighted by Crippen LogP contribution is -2.39. The van der Waals surface area contributed by atoms with Crippen LogP contribution in [0.25, 0.3) is 0 Å². The van der Waals surface area contributed by atoms with Gasteiger partial charge in [-0.25, -0.2) is 4.98 Å². The molecule has 1 aliphatic heterocycles. The molecule has 0 unspecified atom stereocenters. The number of hydrogen-bond acceptors (Lipinski definition) is 3. The number of carbonyl (C=O) groups is 1. The quantitative estimate of drug-likeness (QED) is 0.942. The Kier molecular flexibility index (Phi) is 4.20. The molecule has 2 aromatic rings. The Morgan fingerprint density at radius 2 is 2.18 bits per heavy atom. The van der Waals surface area contributed by atoms with Crippen LogP contribution in [-0.4, -0.2) is 43.6 Å². The molecule has 118 valence electrons. The van der Waals surface area contributed by atoms with Gasteiger partial charge in [-0.2, -0.15) is 5.10 Å². The maximum Gasteiger partial charge on any atom is 0.275 e. The van der Waals surface area contributed by atoms with Gasteiger partial charge < -0.3 is 9.88 Å². The zero-order valence-corrected chi connectivity index (χ0v) is 13.6. The van der Waals surface area contributed by atoms with Gasteiger partial charge in [0.2, 0.25) is 0 Å². The maximum atomic E-state index is 12.6. The minimum Gasteiger partial charge on any atom is -0.349 e. The van der Waals surface area contributed by atoms with E-state index in [1.807, 2.05) is 18.0 Å². The first-order valence-corrected chi connectivity index (χ1v) is 7.90. The molecule has 1 aliphatic rings. The highest BCUT2D eigenvalue weighted by Crippen LogP contribution is 2.25. The Hall–Kier alpha value is -1.82. The first-order chi connectivity index (χ1) is 10.6. The third-order valence-corrected chi connectivity index (χ3v) is 4.85. The van der Waals surface area contributed by atoms with Crippen molar-refractivity contribution >= 4 is 17.5 Å². The van der Waals surface area contributed by atoms with Crippen molar-refractivity contribution in [2.75, 3.05) is 13.1 Å². The van der Waals surface area contributed by atoms with E-state index in [2.05, 4.69) is 15.1 Å². The minimum atomic E-state index is -0.0647. The molecule has 0 saturated carbocycles. The number of aromatic nitrogens is 4. The fraction of sp³-hybridized carbons (Fsp3) is 0.533. The smallest absolute Gasteiger partial charge is 0.275 e. The molecule has 3 heterocycles. The molecule has 0 radical (unpaired) electrons. The van der Waals surface area contributed by atoms with E-state index in [0.29, 0.717) is 16.6 Å². The third kappa shape index (κ3) is 2.88. The van der Waals surface area contributed by atoms with Crippen LogP contribution in [0, 0.1) is 12.8 Å². The van der Waals surface area contributed by atoms with Gasteiger partial charge in [0, 0.05) is 39.0 Å². The zero-order valence-electron chi connectivity index (χ0n) is 12.8. The molecule has 0 bridgehead atoms. The lowest BCUT2D eigenvalue weighted by atomic mass is 9.93. The number of nitrogens with one attached hydrogen (secondary N) is 1. The lowest BCUT2D eigenvalue weighted by Gasteiger charge is -2.31. The summed E-state index contributed by atoms with van der Waals surface area (Å²) in [5.74, 6) is 1.52. The SMILES string of the molecule is Cc1c(Cl)c(C(=O)N2CCC(Cc3ncc[nH]3)CC2)nn1C. The normalized spacial score (nSPS) is 16.2. The summed E-state index contributed by atoms with van der Waals surface area (Å²) < 4.78 is 1.65. The van der Waals surface area contributed by atoms with Crippen molar-refractivity contribution in [3.05, 3.63) is 34.6 Å². The average Bonchev–Trinajstić information content (AvgIpc) is 3.12. The largest absolute Gasteiger partial charge is 0.349 e. The van der Waals surface area contributed by atoms with Crippen LogP contribution in [0.2, 0.25) is 5.02 Å². The number of H-pyrrole nitrogens is 1. The number of aryl methyl sites for hydroxylation is 1. The lowest BCUT2D eigenvalue weighted by molar-refractivity contribution is 0.0683. The van der Waals surface area contributed by atoms with Gasteiger partial charge in [-0.1, -0.05) is 11.6 Å². The average molecular weight is 322 g/mol. The molecule has 3 rings (SSSR count). The highest BCUT2D eigenvalue weighted by Gasteiger charge is 2.28. The Morgan fingerprint density at radius 3 is 2.73 bits per heavy atom. The molecule has 0 aliphatic carbocycles. The number of carbonyl (C=O) groups excluding carboxylic acids is 1. The molecule has 0 aromatic carbocycles. The fourth-order valence-corrected chi connectivity index (χ4v) is 3.13. The monoisotopic (exact) mass is 321 g/mol. The molecule has 1 saturated heterocycles. The van der Waals surface area contributed by atoms with Crippen molar-refractivity contribution in [1.29, 1.82) is 0 Å². The van der Waals surface area contributed by atoms with Gasteiger partial charge in [0.1, 0.15) is 5.82 Å². The Morgan fingerprint density at radius 1 is 1.45 bits per heavy atom. The summed E-state index contributed by atoms with van der Waals surface area (Å²) in [5, 5.41) is 4.71. The van der Waals surface area contributed by atoms with Gasteiger partial charge in [0.15, 0.2) is 5.69 Å². The number of rotatable bonds is 3. The van der Waals surface area contributed by atoms with Crippen LogP contribution in [-0.2, 0) is 13.5 Å². The Labute approximate surface area is 134 Å². The van der Waals surface area contributed by atoms with Crippen LogP contribution in [0.15, 0.2) is 12.4 Å². The van der Waals surface area contributed by atoms with E-state index in [0.717, 1.165) is 43.9 Å². The molecule has 1 fully saturated rings. The molecule has 1 N–H and O–H groups in total. The zero-order chi connectivity index (χ0) is 15.7. The van der Waals surface area contributed by atoms with Crippen LogP contribution in [0.1, 0.15) is 34.8 Å². The van der Waals surface area contributed by atoms with Crippen LogP contribution in [0.5, 0.6) is 0 Å². The van der Waals surface area contributed by atoms with Gasteiger partial charge in [-0.15, -0.1) is 0 Å². The first-order valence-electron chi connectivity index (χ1n) is 7.53. The number of hydrogen-bond donors (Lipinski definition) is 1. The topological polar surface area (TPSA) is 66.8 Å². The Bertz CT molecular complexity index is 656. The predicted molar refractivity (Wildman–Crippen MR) is 83.9 cm³/mol. The van der Waals surface area contributed by atoms with Crippen LogP contribution >= 0.6 is 11.6 Å². The summed E-state index contributed by atoms with van der Waals surface area (Å²) in [4.78, 5) is 21.8. The van der Waals surface area contributed by atoms with Gasteiger partial charge in [0.05, 0.1) is 10.7 Å². The van der Waals surface area contributed by atoms with Crippen molar-refractivity contribution in [1.82, 2.24) is 24.6 Å². The second-order valence-electron chi connectivity index (χ2n) is 5.85. The van der Waals surface area contributed by atoms with E-state index in [1.54, 1.807) is 17.9 Å². The second-order valence-corrected chi connectivity index (χ2v) is 6.23. The number of halogens is 1. The number of aromatic amines is 1. The number of nitrogens with zero attached hydrogens (tertiary/aromatic N) is 4. The Balaban J connectivity index is 1.61. The van der Waals surface area contributed by atoms with Gasteiger partial charge in [-0.3, -0.25) is 9.48 Å². The van der Waals surface area contributed by atoms with Crippen LogP contribution in [0.3, 0.4) is 0 Å². The highest BCUT2D eigenvalue weighted by atomic mass is 35.5. The van der Waals surface area contributed by atoms with E-state index >= 15 is 0 Å². The van der Waals surface area contributed by atoms with E-state index in [-0.39, 0.29) is 5.91 Å². The second kappa shape index (κ2) is 6.12. The van der Waals surface area contributed by atoms with Gasteiger partial charge in [0.25, 0.3) is 5.91 Å². The van der Waals surface area contributed by atoms with E-state index in [9.17, 15) is 4.79 Å². The van der Waals surface area contributed by atoms with Gasteiger partial charge >= 0.3 is 0 Å². The molecular formula is C15H20ClN5O. The molecule has 0 spiro atoms. The van der Waals surface area contributed by atoms with Crippen molar-refractivity contribution < 1.29 is 4.79 Å². The number of imidazole rings is 1. The van der Waals surface area contributed by atoms with Crippen LogP contribution in [0.4, 0.5) is 0 Å². The molecular weight excluding hydrogens is 302 g/mol. The van der Waals surface area contributed by atoms with Crippen molar-refractivity contribution in [2.24, 2.45) is 13.0 Å². The van der Waals surface area contributed by atoms with Gasteiger partial charge in [-0.05, 0) is 25.7 Å². The van der Waals surface area contributed by atoms with E-state index < -0.39 is 0 Å². The highest BCUT2D eigenvalue weighted by molar-refractivity contribution is 6.34. The molecule has 22 heavy (non-hydrogen) atoms. The summed E-state index contributed by atoms with van der Waals surface area (Å²) in [6.45, 7) is 3.36. The standard InChI is InChI=1S/C15H20ClN5O/c1-10-13(16)14(19-20(10)2)15(22)21-7-3-11(4-8-21)9-12-17-5-6-18-12/h5-6,11H,3-4,7-9H2,1-2H3,(H,17,18). The van der Waals surface area contributed by atoms with Crippen LogP contribution < -0.4 is 0 Å². The molecule has 0 atom stereocenters.